The Morgan fingerprint density at radius 3 is 2.70 bits per heavy atom. The molecule has 2 rings (SSSR count). The lowest BCUT2D eigenvalue weighted by Crippen LogP contribution is -2.25. The van der Waals surface area contributed by atoms with E-state index in [2.05, 4.69) is 36.5 Å². The monoisotopic (exact) mass is 334 g/mol. The number of hydrogen-bond donors (Lipinski definition) is 2. The molecule has 0 saturated heterocycles. The number of hydrogen-bond acceptors (Lipinski definition) is 4. The van der Waals surface area contributed by atoms with Crippen LogP contribution in [0.1, 0.15) is 23.8 Å². The molecule has 20 heavy (non-hydrogen) atoms. The van der Waals surface area contributed by atoms with Gasteiger partial charge in [0.05, 0.1) is 0 Å². The van der Waals surface area contributed by atoms with Gasteiger partial charge in [-0.3, -0.25) is 4.79 Å². The molecule has 0 radical (unpaired) electrons. The van der Waals surface area contributed by atoms with Gasteiger partial charge < -0.3 is 10.6 Å². The van der Waals surface area contributed by atoms with Crippen LogP contribution in [0.3, 0.4) is 0 Å². The summed E-state index contributed by atoms with van der Waals surface area (Å²) in [4.78, 5) is 20.1. The summed E-state index contributed by atoms with van der Waals surface area (Å²) < 4.78 is 0.997. The van der Waals surface area contributed by atoms with Crippen LogP contribution in [0.15, 0.2) is 41.0 Å². The molecule has 0 spiro atoms. The van der Waals surface area contributed by atoms with Crippen LogP contribution < -0.4 is 10.6 Å². The zero-order valence-corrected chi connectivity index (χ0v) is 12.6. The molecule has 5 nitrogen and oxygen atoms in total. The Bertz CT molecular complexity index is 586. The van der Waals surface area contributed by atoms with Gasteiger partial charge in [-0.1, -0.05) is 22.9 Å². The topological polar surface area (TPSA) is 66.9 Å². The third-order valence-electron chi connectivity index (χ3n) is 2.52. The van der Waals surface area contributed by atoms with Crippen LogP contribution in [0.5, 0.6) is 0 Å². The third kappa shape index (κ3) is 4.03. The maximum atomic E-state index is 11.8. The summed E-state index contributed by atoms with van der Waals surface area (Å²) in [6.07, 6.45) is 2.45. The van der Waals surface area contributed by atoms with Crippen molar-refractivity contribution in [1.82, 2.24) is 15.3 Å². The number of rotatable bonds is 5. The Kier molecular flexibility index (Phi) is 5.06. The standard InChI is InChI=1S/C14H15BrN4O/c1-2-8-16-13(20)12-7-9-17-14(19-12)18-11-5-3-10(15)4-6-11/h3-7,9H,2,8H2,1H3,(H,16,20)(H,17,18,19). The Balaban J connectivity index is 2.09. The highest BCUT2D eigenvalue weighted by Crippen LogP contribution is 2.16. The summed E-state index contributed by atoms with van der Waals surface area (Å²) in [6.45, 7) is 2.64. The number of carbonyl (C=O) groups is 1. The van der Waals surface area contributed by atoms with Gasteiger partial charge in [0.2, 0.25) is 5.95 Å². The largest absolute Gasteiger partial charge is 0.351 e. The minimum Gasteiger partial charge on any atom is -0.351 e. The molecule has 104 valence electrons. The average Bonchev–Trinajstić information content (AvgIpc) is 2.47. The first-order valence-corrected chi connectivity index (χ1v) is 7.12. The zero-order chi connectivity index (χ0) is 14.4. The number of benzene rings is 1. The van der Waals surface area contributed by atoms with Gasteiger partial charge in [0.1, 0.15) is 5.69 Å². The molecular weight excluding hydrogens is 320 g/mol. The van der Waals surface area contributed by atoms with Crippen LogP contribution in [0.4, 0.5) is 11.6 Å². The van der Waals surface area contributed by atoms with E-state index in [0.29, 0.717) is 18.2 Å². The summed E-state index contributed by atoms with van der Waals surface area (Å²) in [5.74, 6) is 0.213. The lowest BCUT2D eigenvalue weighted by molar-refractivity contribution is 0.0948. The Morgan fingerprint density at radius 2 is 2.00 bits per heavy atom. The van der Waals surface area contributed by atoms with Crippen LogP contribution in [0.25, 0.3) is 0 Å². The first-order valence-electron chi connectivity index (χ1n) is 6.33. The first kappa shape index (κ1) is 14.5. The van der Waals surface area contributed by atoms with Gasteiger partial charge in [-0.2, -0.15) is 0 Å². The van der Waals surface area contributed by atoms with E-state index in [1.54, 1.807) is 12.3 Å². The van der Waals surface area contributed by atoms with E-state index < -0.39 is 0 Å². The number of nitrogens with one attached hydrogen (secondary N) is 2. The fourth-order valence-corrected chi connectivity index (χ4v) is 1.80. The van der Waals surface area contributed by atoms with E-state index in [9.17, 15) is 4.79 Å². The van der Waals surface area contributed by atoms with Crippen LogP contribution in [-0.4, -0.2) is 22.4 Å². The van der Waals surface area contributed by atoms with Crippen molar-refractivity contribution in [3.63, 3.8) is 0 Å². The molecule has 6 heteroatoms. The van der Waals surface area contributed by atoms with Gasteiger partial charge in [-0.05, 0) is 36.8 Å². The molecule has 2 aromatic rings. The van der Waals surface area contributed by atoms with Gasteiger partial charge in [-0.25, -0.2) is 9.97 Å². The highest BCUT2D eigenvalue weighted by atomic mass is 79.9. The number of aromatic nitrogens is 2. The van der Waals surface area contributed by atoms with E-state index >= 15 is 0 Å². The van der Waals surface area contributed by atoms with Gasteiger partial charge in [-0.15, -0.1) is 0 Å². The Hall–Kier alpha value is -1.95. The quantitative estimate of drug-likeness (QED) is 0.881. The molecule has 1 aromatic carbocycles. The van der Waals surface area contributed by atoms with Crippen molar-refractivity contribution < 1.29 is 4.79 Å². The summed E-state index contributed by atoms with van der Waals surface area (Å²) in [5, 5.41) is 5.84. The smallest absolute Gasteiger partial charge is 0.270 e. The van der Waals surface area contributed by atoms with Gasteiger partial charge in [0.15, 0.2) is 0 Å². The third-order valence-corrected chi connectivity index (χ3v) is 3.05. The van der Waals surface area contributed by atoms with E-state index in [0.717, 1.165) is 16.6 Å². The van der Waals surface area contributed by atoms with Crippen molar-refractivity contribution in [2.24, 2.45) is 0 Å². The van der Waals surface area contributed by atoms with E-state index in [1.165, 1.54) is 0 Å². The van der Waals surface area contributed by atoms with Crippen LogP contribution in [-0.2, 0) is 0 Å². The van der Waals surface area contributed by atoms with E-state index in [1.807, 2.05) is 31.2 Å². The van der Waals surface area contributed by atoms with Crippen molar-refractivity contribution in [2.75, 3.05) is 11.9 Å². The number of nitrogens with zero attached hydrogens (tertiary/aromatic N) is 2. The van der Waals surface area contributed by atoms with Gasteiger partial charge in [0, 0.05) is 22.9 Å². The molecule has 0 fully saturated rings. The molecule has 0 atom stereocenters. The van der Waals surface area contributed by atoms with Crippen molar-refractivity contribution in [3.05, 3.63) is 46.7 Å². The van der Waals surface area contributed by atoms with Crippen LogP contribution in [0.2, 0.25) is 0 Å². The molecule has 1 heterocycles. The predicted molar refractivity (Wildman–Crippen MR) is 82.1 cm³/mol. The maximum Gasteiger partial charge on any atom is 0.270 e. The summed E-state index contributed by atoms with van der Waals surface area (Å²) in [5.41, 5.74) is 1.22. The Labute approximate surface area is 126 Å². The van der Waals surface area contributed by atoms with Crippen molar-refractivity contribution >= 4 is 33.5 Å². The maximum absolute atomic E-state index is 11.8. The predicted octanol–water partition coefficient (Wildman–Crippen LogP) is 3.12. The average molecular weight is 335 g/mol. The normalized spacial score (nSPS) is 10.1. The zero-order valence-electron chi connectivity index (χ0n) is 11.1. The fraction of sp³-hybridized carbons (Fsp3) is 0.214. The fourth-order valence-electron chi connectivity index (χ4n) is 1.54. The molecule has 0 aliphatic carbocycles. The van der Waals surface area contributed by atoms with Gasteiger partial charge >= 0.3 is 0 Å². The number of anilines is 2. The minimum atomic E-state index is -0.187. The second-order valence-corrected chi connectivity index (χ2v) is 5.07. The Morgan fingerprint density at radius 1 is 1.25 bits per heavy atom. The summed E-state index contributed by atoms with van der Waals surface area (Å²) in [6, 6.07) is 9.23. The second-order valence-electron chi connectivity index (χ2n) is 4.15. The van der Waals surface area contributed by atoms with E-state index in [-0.39, 0.29) is 5.91 Å². The molecule has 0 unspecified atom stereocenters. The first-order chi connectivity index (χ1) is 9.69. The molecule has 1 amide bonds. The highest BCUT2D eigenvalue weighted by molar-refractivity contribution is 9.10. The molecule has 1 aromatic heterocycles. The van der Waals surface area contributed by atoms with Crippen LogP contribution in [0, 0.1) is 0 Å². The lowest BCUT2D eigenvalue weighted by Gasteiger charge is -2.07. The lowest BCUT2D eigenvalue weighted by atomic mass is 10.3. The second kappa shape index (κ2) is 7.00. The highest BCUT2D eigenvalue weighted by Gasteiger charge is 2.07. The van der Waals surface area contributed by atoms with E-state index in [4.69, 9.17) is 0 Å². The molecule has 0 aliphatic heterocycles. The molecule has 0 bridgehead atoms. The summed E-state index contributed by atoms with van der Waals surface area (Å²) in [7, 11) is 0. The SMILES string of the molecule is CCCNC(=O)c1ccnc(Nc2ccc(Br)cc2)n1. The van der Waals surface area contributed by atoms with Gasteiger partial charge in [0.25, 0.3) is 5.91 Å². The van der Waals surface area contributed by atoms with Crippen molar-refractivity contribution in [2.45, 2.75) is 13.3 Å². The van der Waals surface area contributed by atoms with Crippen molar-refractivity contribution in [1.29, 1.82) is 0 Å². The molecular formula is C14H15BrN4O. The van der Waals surface area contributed by atoms with Crippen molar-refractivity contribution in [3.8, 4) is 0 Å². The number of amides is 1. The summed E-state index contributed by atoms with van der Waals surface area (Å²) >= 11 is 3.37. The molecule has 0 aliphatic rings. The molecule has 2 N–H and O–H groups in total. The van der Waals surface area contributed by atoms with Crippen LogP contribution >= 0.6 is 15.9 Å². The molecule has 0 saturated carbocycles. The number of halogens is 1. The number of carbonyl (C=O) groups excluding carboxylic acids is 1. The minimum absolute atomic E-state index is 0.187.